The molecule has 2 heterocycles. The van der Waals surface area contributed by atoms with Crippen LogP contribution in [-0.2, 0) is 0 Å². The molecule has 25 heavy (non-hydrogen) atoms. The van der Waals surface area contributed by atoms with Crippen LogP contribution < -0.4 is 16.8 Å². The van der Waals surface area contributed by atoms with Gasteiger partial charge in [0.15, 0.2) is 5.78 Å². The van der Waals surface area contributed by atoms with Gasteiger partial charge in [-0.25, -0.2) is 4.79 Å². The van der Waals surface area contributed by atoms with Gasteiger partial charge in [0.2, 0.25) is 5.88 Å². The number of aryl methyl sites for hydroxylation is 1. The summed E-state index contributed by atoms with van der Waals surface area (Å²) in [6.45, 7) is 1.55. The number of carbonyl (C=O) groups excluding carboxylic acids is 1. The van der Waals surface area contributed by atoms with Crippen molar-refractivity contribution in [2.45, 2.75) is 12.8 Å². The van der Waals surface area contributed by atoms with Gasteiger partial charge in [0, 0.05) is 11.3 Å². The minimum absolute atomic E-state index is 0.0123. The second kappa shape index (κ2) is 6.11. The molecule has 9 nitrogen and oxygen atoms in total. The smallest absolute Gasteiger partial charge is 0.328 e. The predicted molar refractivity (Wildman–Crippen MR) is 88.1 cm³/mol. The van der Waals surface area contributed by atoms with Crippen LogP contribution in [-0.4, -0.2) is 31.1 Å². The maximum absolute atomic E-state index is 13.0. The molecule has 0 spiro atoms. The zero-order valence-electron chi connectivity index (χ0n) is 13.0. The largest absolute Gasteiger partial charge is 0.494 e. The number of H-pyrrole nitrogens is 4. The molecule has 3 aromatic rings. The van der Waals surface area contributed by atoms with Crippen molar-refractivity contribution in [1.29, 1.82) is 0 Å². The van der Waals surface area contributed by atoms with Crippen LogP contribution in [0.1, 0.15) is 33.1 Å². The zero-order chi connectivity index (χ0) is 18.1. The molecule has 3 rings (SSSR count). The van der Waals surface area contributed by atoms with Crippen LogP contribution in [0.25, 0.3) is 0 Å². The first-order valence-corrected chi connectivity index (χ1v) is 7.32. The van der Waals surface area contributed by atoms with E-state index in [4.69, 9.17) is 0 Å². The Morgan fingerprint density at radius 2 is 1.64 bits per heavy atom. The first kappa shape index (κ1) is 16.2. The third-order valence-corrected chi connectivity index (χ3v) is 3.87. The standard InChI is InChI=1S/C16H14N4O5/c1-7-9(15(24)20-19-7)10(12(21)8-5-3-2-4-6-8)11-13(22)17-16(25)18-14(11)23/h2-6,10H,1H3,(H2,19,20,24)(H3,17,18,22,23,25). The van der Waals surface area contributed by atoms with Gasteiger partial charge in [-0.1, -0.05) is 30.3 Å². The number of hydrogen-bond acceptors (Lipinski definition) is 5. The average molecular weight is 342 g/mol. The quantitative estimate of drug-likeness (QED) is 0.426. The lowest BCUT2D eigenvalue weighted by Gasteiger charge is -2.15. The summed E-state index contributed by atoms with van der Waals surface area (Å²) in [7, 11) is 0. The Labute approximate surface area is 139 Å². The van der Waals surface area contributed by atoms with Crippen molar-refractivity contribution in [3.63, 3.8) is 0 Å². The number of ketones is 1. The summed E-state index contributed by atoms with van der Waals surface area (Å²) < 4.78 is 0. The van der Waals surface area contributed by atoms with Crippen LogP contribution in [0.5, 0.6) is 5.88 Å². The fraction of sp³-hybridized carbons (Fsp3) is 0.125. The van der Waals surface area contributed by atoms with E-state index in [2.05, 4.69) is 10.2 Å². The molecule has 128 valence electrons. The van der Waals surface area contributed by atoms with Crippen LogP contribution in [0.3, 0.4) is 0 Å². The summed E-state index contributed by atoms with van der Waals surface area (Å²) in [4.78, 5) is 52.8. The van der Waals surface area contributed by atoms with Gasteiger partial charge in [0.05, 0.1) is 17.0 Å². The predicted octanol–water partition coefficient (Wildman–Crippen LogP) is 0.108. The van der Waals surface area contributed by atoms with Crippen molar-refractivity contribution in [3.8, 4) is 5.88 Å². The van der Waals surface area contributed by atoms with Crippen molar-refractivity contribution in [3.05, 3.63) is 83.9 Å². The molecule has 0 aliphatic heterocycles. The van der Waals surface area contributed by atoms with Crippen molar-refractivity contribution in [1.82, 2.24) is 20.2 Å². The topological polar surface area (TPSA) is 152 Å². The molecule has 0 bridgehead atoms. The van der Waals surface area contributed by atoms with E-state index >= 15 is 0 Å². The van der Waals surface area contributed by atoms with E-state index in [1.807, 2.05) is 9.97 Å². The summed E-state index contributed by atoms with van der Waals surface area (Å²) in [5.41, 5.74) is -2.30. The number of carbonyl (C=O) groups is 1. The molecule has 9 heteroatoms. The number of aromatic nitrogens is 4. The lowest BCUT2D eigenvalue weighted by Crippen LogP contribution is -2.31. The lowest BCUT2D eigenvalue weighted by molar-refractivity contribution is 0.0971. The summed E-state index contributed by atoms with van der Waals surface area (Å²) in [6, 6.07) is 8.04. The maximum atomic E-state index is 13.0. The molecule has 0 aliphatic rings. The molecular formula is C16H14N4O5. The van der Waals surface area contributed by atoms with Gasteiger partial charge in [-0.3, -0.25) is 29.5 Å². The van der Waals surface area contributed by atoms with E-state index in [-0.39, 0.29) is 11.1 Å². The van der Waals surface area contributed by atoms with Gasteiger partial charge in [-0.2, -0.15) is 0 Å². The highest BCUT2D eigenvalue weighted by atomic mass is 16.3. The van der Waals surface area contributed by atoms with Gasteiger partial charge in [-0.15, -0.1) is 0 Å². The highest BCUT2D eigenvalue weighted by Crippen LogP contribution is 2.29. The van der Waals surface area contributed by atoms with Gasteiger partial charge in [0.1, 0.15) is 0 Å². The molecule has 1 unspecified atom stereocenters. The molecule has 1 aromatic carbocycles. The first-order chi connectivity index (χ1) is 11.9. The molecule has 0 fully saturated rings. The Hall–Kier alpha value is -3.62. The molecule has 5 N–H and O–H groups in total. The average Bonchev–Trinajstić information content (AvgIpc) is 2.90. The van der Waals surface area contributed by atoms with Crippen LogP contribution in [0.15, 0.2) is 44.7 Å². The van der Waals surface area contributed by atoms with Crippen molar-refractivity contribution in [2.75, 3.05) is 0 Å². The molecular weight excluding hydrogens is 328 g/mol. The van der Waals surface area contributed by atoms with E-state index < -0.39 is 40.0 Å². The number of nitrogens with one attached hydrogen (secondary N) is 4. The normalized spacial score (nSPS) is 12.0. The van der Waals surface area contributed by atoms with Crippen molar-refractivity contribution < 1.29 is 9.90 Å². The van der Waals surface area contributed by atoms with Crippen molar-refractivity contribution >= 4 is 5.78 Å². The summed E-state index contributed by atoms with van der Waals surface area (Å²) >= 11 is 0. The molecule has 2 aromatic heterocycles. The van der Waals surface area contributed by atoms with Crippen LogP contribution in [0.4, 0.5) is 0 Å². The minimum Gasteiger partial charge on any atom is -0.494 e. The molecule has 1 atom stereocenters. The molecule has 0 amide bonds. The molecule has 0 saturated heterocycles. The summed E-state index contributed by atoms with van der Waals surface area (Å²) in [6.07, 6.45) is 0. The molecule has 0 saturated carbocycles. The fourth-order valence-corrected chi connectivity index (χ4v) is 2.73. The highest BCUT2D eigenvalue weighted by Gasteiger charge is 2.33. The fourth-order valence-electron chi connectivity index (χ4n) is 2.73. The highest BCUT2D eigenvalue weighted by molar-refractivity contribution is 6.03. The number of aromatic amines is 4. The number of benzene rings is 1. The summed E-state index contributed by atoms with van der Waals surface area (Å²) in [5, 5.41) is 15.0. The maximum Gasteiger partial charge on any atom is 0.328 e. The van der Waals surface area contributed by atoms with Crippen molar-refractivity contribution in [2.24, 2.45) is 0 Å². The summed E-state index contributed by atoms with van der Waals surface area (Å²) in [5.74, 6) is -2.72. The van der Waals surface area contributed by atoms with Crippen LogP contribution in [0.2, 0.25) is 0 Å². The van der Waals surface area contributed by atoms with E-state index in [1.54, 1.807) is 25.1 Å². The Morgan fingerprint density at radius 1 is 0.960 bits per heavy atom. The number of aromatic hydroxyl groups is 1. The SMILES string of the molecule is Cc1[nH][nH]c(=O)c1C(C(=O)c1ccccc1)c1c(O)[nH]c(=O)[nH]c1=O. The van der Waals surface area contributed by atoms with E-state index in [0.717, 1.165) is 0 Å². The van der Waals surface area contributed by atoms with Gasteiger partial charge in [-0.05, 0) is 6.92 Å². The first-order valence-electron chi connectivity index (χ1n) is 7.32. The van der Waals surface area contributed by atoms with E-state index in [0.29, 0.717) is 5.69 Å². The number of hydrogen-bond donors (Lipinski definition) is 5. The Bertz CT molecular complexity index is 1100. The number of rotatable bonds is 4. The Balaban J connectivity index is 2.32. The van der Waals surface area contributed by atoms with Crippen LogP contribution >= 0.6 is 0 Å². The monoisotopic (exact) mass is 342 g/mol. The molecule has 0 radical (unpaired) electrons. The number of Topliss-reactive ketones (excluding diaryl/α,β-unsaturated/α-hetero) is 1. The molecule has 0 aliphatic carbocycles. The van der Waals surface area contributed by atoms with Gasteiger partial charge < -0.3 is 10.2 Å². The Kier molecular flexibility index (Phi) is 3.97. The third-order valence-electron chi connectivity index (χ3n) is 3.87. The minimum atomic E-state index is -1.39. The third kappa shape index (κ3) is 2.82. The second-order valence-electron chi connectivity index (χ2n) is 5.45. The Morgan fingerprint density at radius 3 is 2.20 bits per heavy atom. The second-order valence-corrected chi connectivity index (χ2v) is 5.45. The lowest BCUT2D eigenvalue weighted by atomic mass is 9.85. The zero-order valence-corrected chi connectivity index (χ0v) is 13.0. The van der Waals surface area contributed by atoms with E-state index in [9.17, 15) is 24.3 Å². The van der Waals surface area contributed by atoms with E-state index in [1.165, 1.54) is 12.1 Å². The van der Waals surface area contributed by atoms with Gasteiger partial charge >= 0.3 is 5.69 Å². The van der Waals surface area contributed by atoms with Gasteiger partial charge in [0.25, 0.3) is 11.1 Å². The van der Waals surface area contributed by atoms with Crippen LogP contribution in [0, 0.1) is 6.92 Å².